The zero-order valence-electron chi connectivity index (χ0n) is 8.59. The van der Waals surface area contributed by atoms with Gasteiger partial charge >= 0.3 is 0 Å². The Morgan fingerprint density at radius 1 is 1.50 bits per heavy atom. The van der Waals surface area contributed by atoms with Crippen molar-refractivity contribution in [2.75, 3.05) is 0 Å². The van der Waals surface area contributed by atoms with Gasteiger partial charge in [-0.25, -0.2) is 0 Å². The summed E-state index contributed by atoms with van der Waals surface area (Å²) in [6.45, 7) is 8.93. The first-order valence-corrected chi connectivity index (χ1v) is 4.89. The molecule has 1 heterocycles. The van der Waals surface area contributed by atoms with Gasteiger partial charge in [-0.3, -0.25) is 4.99 Å². The minimum atomic E-state index is 0.624. The van der Waals surface area contributed by atoms with Crippen LogP contribution in [0.15, 0.2) is 16.3 Å². The summed E-state index contributed by atoms with van der Waals surface area (Å²) in [5.41, 5.74) is 2.82. The molecule has 0 aromatic rings. The lowest BCUT2D eigenvalue weighted by Crippen LogP contribution is -1.98. The van der Waals surface area contributed by atoms with Crippen LogP contribution < -0.4 is 0 Å². The number of allylic oxidation sites excluding steroid dienone is 2. The zero-order chi connectivity index (χ0) is 9.14. The van der Waals surface area contributed by atoms with Gasteiger partial charge in [0.15, 0.2) is 0 Å². The summed E-state index contributed by atoms with van der Waals surface area (Å²) in [6.07, 6.45) is 4.43. The number of nitrogens with zero attached hydrogens (tertiary/aromatic N) is 1. The van der Waals surface area contributed by atoms with E-state index in [4.69, 9.17) is 0 Å². The molecule has 0 radical (unpaired) electrons. The molecule has 1 nitrogen and oxygen atoms in total. The highest BCUT2D eigenvalue weighted by atomic mass is 14.8. The van der Waals surface area contributed by atoms with Crippen molar-refractivity contribution in [3.8, 4) is 0 Å². The van der Waals surface area contributed by atoms with Gasteiger partial charge in [0.25, 0.3) is 0 Å². The van der Waals surface area contributed by atoms with Gasteiger partial charge in [-0.05, 0) is 31.3 Å². The fraction of sp³-hybridized carbons (Fsp3) is 0.727. The SMILES string of the molecule is CCC1C=NC(CC(C)C)=C1C. The maximum absolute atomic E-state index is 4.46. The summed E-state index contributed by atoms with van der Waals surface area (Å²) >= 11 is 0. The van der Waals surface area contributed by atoms with E-state index in [1.54, 1.807) is 0 Å². The van der Waals surface area contributed by atoms with Crippen LogP contribution in [-0.4, -0.2) is 6.21 Å². The van der Waals surface area contributed by atoms with Crippen LogP contribution in [0.2, 0.25) is 0 Å². The molecule has 0 fully saturated rings. The van der Waals surface area contributed by atoms with Gasteiger partial charge in [0.05, 0.1) is 0 Å². The molecular formula is C11H19N. The lowest BCUT2D eigenvalue weighted by Gasteiger charge is -2.07. The maximum atomic E-state index is 4.46. The molecule has 0 aromatic carbocycles. The second kappa shape index (κ2) is 3.88. The molecule has 68 valence electrons. The minimum Gasteiger partial charge on any atom is -0.265 e. The maximum Gasteiger partial charge on any atom is 0.0398 e. The summed E-state index contributed by atoms with van der Waals surface area (Å²) in [7, 11) is 0. The summed E-state index contributed by atoms with van der Waals surface area (Å²) in [6, 6.07) is 0. The average Bonchev–Trinajstić information content (AvgIpc) is 2.32. The largest absolute Gasteiger partial charge is 0.265 e. The summed E-state index contributed by atoms with van der Waals surface area (Å²) in [5.74, 6) is 1.35. The summed E-state index contributed by atoms with van der Waals surface area (Å²) in [5, 5.41) is 0. The van der Waals surface area contributed by atoms with Crippen molar-refractivity contribution in [3.05, 3.63) is 11.3 Å². The molecule has 0 aromatic heterocycles. The standard InChI is InChI=1S/C11H19N/c1-5-10-7-12-11(9(10)4)6-8(2)3/h7-8,10H,5-6H2,1-4H3. The van der Waals surface area contributed by atoms with E-state index in [0.717, 1.165) is 12.3 Å². The molecule has 0 amide bonds. The Bertz CT molecular complexity index is 211. The van der Waals surface area contributed by atoms with Crippen molar-refractivity contribution in [3.63, 3.8) is 0 Å². The van der Waals surface area contributed by atoms with Crippen molar-refractivity contribution < 1.29 is 0 Å². The monoisotopic (exact) mass is 165 g/mol. The van der Waals surface area contributed by atoms with Gasteiger partial charge in [0.2, 0.25) is 0 Å². The van der Waals surface area contributed by atoms with Crippen molar-refractivity contribution in [1.29, 1.82) is 0 Å². The second-order valence-electron chi connectivity index (χ2n) is 4.02. The first-order chi connectivity index (χ1) is 5.65. The quantitative estimate of drug-likeness (QED) is 0.607. The lowest BCUT2D eigenvalue weighted by molar-refractivity contribution is 0.632. The molecule has 12 heavy (non-hydrogen) atoms. The fourth-order valence-electron chi connectivity index (χ4n) is 1.62. The van der Waals surface area contributed by atoms with Gasteiger partial charge in [-0.2, -0.15) is 0 Å². The molecular weight excluding hydrogens is 146 g/mol. The van der Waals surface area contributed by atoms with E-state index in [1.165, 1.54) is 17.7 Å². The molecule has 0 spiro atoms. The number of hydrogen-bond donors (Lipinski definition) is 0. The Morgan fingerprint density at radius 2 is 2.17 bits per heavy atom. The van der Waals surface area contributed by atoms with Gasteiger partial charge in [-0.1, -0.05) is 20.8 Å². The molecule has 0 aliphatic carbocycles. The van der Waals surface area contributed by atoms with Crippen LogP contribution >= 0.6 is 0 Å². The molecule has 0 saturated carbocycles. The first-order valence-electron chi connectivity index (χ1n) is 4.89. The normalized spacial score (nSPS) is 22.9. The summed E-state index contributed by atoms with van der Waals surface area (Å²) < 4.78 is 0. The molecule has 1 rings (SSSR count). The highest BCUT2D eigenvalue weighted by Crippen LogP contribution is 2.27. The van der Waals surface area contributed by atoms with Gasteiger partial charge < -0.3 is 0 Å². The minimum absolute atomic E-state index is 0.624. The van der Waals surface area contributed by atoms with Crippen LogP contribution in [0.1, 0.15) is 40.5 Å². The van der Waals surface area contributed by atoms with Gasteiger partial charge in [0, 0.05) is 17.8 Å². The Labute approximate surface area is 75.6 Å². The van der Waals surface area contributed by atoms with E-state index in [9.17, 15) is 0 Å². The van der Waals surface area contributed by atoms with E-state index in [-0.39, 0.29) is 0 Å². The van der Waals surface area contributed by atoms with Gasteiger partial charge in [0.1, 0.15) is 0 Å². The van der Waals surface area contributed by atoms with Crippen LogP contribution in [0.5, 0.6) is 0 Å². The van der Waals surface area contributed by atoms with E-state index >= 15 is 0 Å². The third-order valence-corrected chi connectivity index (χ3v) is 2.46. The smallest absolute Gasteiger partial charge is 0.0398 e. The van der Waals surface area contributed by atoms with Crippen LogP contribution in [0.25, 0.3) is 0 Å². The van der Waals surface area contributed by atoms with Crippen molar-refractivity contribution in [1.82, 2.24) is 0 Å². The number of rotatable bonds is 3. The molecule has 1 unspecified atom stereocenters. The molecule has 0 saturated heterocycles. The van der Waals surface area contributed by atoms with Crippen LogP contribution in [0, 0.1) is 11.8 Å². The molecule has 1 heteroatoms. The van der Waals surface area contributed by atoms with Crippen molar-refractivity contribution in [2.45, 2.75) is 40.5 Å². The molecule has 0 N–H and O–H groups in total. The number of hydrogen-bond acceptors (Lipinski definition) is 1. The Hall–Kier alpha value is -0.590. The van der Waals surface area contributed by atoms with E-state index in [2.05, 4.69) is 38.9 Å². The highest BCUT2D eigenvalue weighted by Gasteiger charge is 2.16. The molecule has 1 aliphatic rings. The Kier molecular flexibility index (Phi) is 3.07. The first kappa shape index (κ1) is 9.50. The summed E-state index contributed by atoms with van der Waals surface area (Å²) in [4.78, 5) is 4.46. The fourth-order valence-corrected chi connectivity index (χ4v) is 1.62. The average molecular weight is 165 g/mol. The van der Waals surface area contributed by atoms with Crippen molar-refractivity contribution in [2.24, 2.45) is 16.8 Å². The van der Waals surface area contributed by atoms with Crippen molar-refractivity contribution >= 4 is 6.21 Å². The molecule has 1 atom stereocenters. The van der Waals surface area contributed by atoms with E-state index < -0.39 is 0 Å². The van der Waals surface area contributed by atoms with Crippen LogP contribution in [0.3, 0.4) is 0 Å². The Morgan fingerprint density at radius 3 is 2.58 bits per heavy atom. The third-order valence-electron chi connectivity index (χ3n) is 2.46. The highest BCUT2D eigenvalue weighted by molar-refractivity contribution is 5.70. The van der Waals surface area contributed by atoms with Crippen LogP contribution in [-0.2, 0) is 0 Å². The van der Waals surface area contributed by atoms with Gasteiger partial charge in [-0.15, -0.1) is 0 Å². The topological polar surface area (TPSA) is 12.4 Å². The third kappa shape index (κ3) is 1.96. The molecule has 0 bridgehead atoms. The van der Waals surface area contributed by atoms with E-state index in [1.807, 2.05) is 0 Å². The lowest BCUT2D eigenvalue weighted by atomic mass is 9.97. The number of aliphatic imine (C=N–C) groups is 1. The van der Waals surface area contributed by atoms with E-state index in [0.29, 0.717) is 5.92 Å². The predicted octanol–water partition coefficient (Wildman–Crippen LogP) is 3.42. The molecule has 1 aliphatic heterocycles. The second-order valence-corrected chi connectivity index (χ2v) is 4.02. The Balaban J connectivity index is 2.65. The van der Waals surface area contributed by atoms with Crippen LogP contribution in [0.4, 0.5) is 0 Å². The zero-order valence-corrected chi connectivity index (χ0v) is 8.59. The predicted molar refractivity (Wildman–Crippen MR) is 54.4 cm³/mol.